The highest BCUT2D eigenvalue weighted by Gasteiger charge is 2.46. The molecule has 31 heavy (non-hydrogen) atoms. The molecule has 10 nitrogen and oxygen atoms in total. The number of hydrogen-bond acceptors (Lipinski definition) is 7. The van der Waals surface area contributed by atoms with Gasteiger partial charge in [0.05, 0.1) is 25.1 Å². The third kappa shape index (κ3) is 3.03. The number of imidazole rings is 2. The number of ether oxygens (including phenoxy) is 2. The fourth-order valence-electron chi connectivity index (χ4n) is 3.73. The maximum Gasteiger partial charge on any atom is 0.256 e. The Bertz CT molecular complexity index is 1270. The van der Waals surface area contributed by atoms with Crippen LogP contribution in [0.2, 0.25) is 0 Å². The number of H-pyrrole nitrogens is 1. The summed E-state index contributed by atoms with van der Waals surface area (Å²) in [6.07, 6.45) is 1.82. The highest BCUT2D eigenvalue weighted by Crippen LogP contribution is 2.35. The van der Waals surface area contributed by atoms with E-state index < -0.39 is 5.66 Å². The maximum atomic E-state index is 6.87. The van der Waals surface area contributed by atoms with E-state index in [0.29, 0.717) is 42.3 Å². The molecule has 160 valence electrons. The van der Waals surface area contributed by atoms with Crippen molar-refractivity contribution in [2.45, 2.75) is 26.4 Å². The van der Waals surface area contributed by atoms with Crippen molar-refractivity contribution in [3.8, 4) is 17.1 Å². The number of fused-ring (bicyclic) bond motifs is 2. The topological polar surface area (TPSA) is 120 Å². The molecule has 0 saturated heterocycles. The average molecular weight is 420 g/mol. The van der Waals surface area contributed by atoms with Gasteiger partial charge in [-0.1, -0.05) is 30.3 Å². The Morgan fingerprint density at radius 3 is 2.65 bits per heavy atom. The minimum absolute atomic E-state index is 0.336. The standard InChI is InChI=1S/C21H24N8O2/c1-4-30-16-11-15-24-17(14-9-7-6-8-10-14)18(29(15)26-16)25-21(22)19-23-13(3)12-28(19)27-20(21)31-5-2/h6-12,25-26H,4-5,22H2,1-3H3. The molecule has 0 saturated carbocycles. The van der Waals surface area contributed by atoms with Gasteiger partial charge in [-0.25, -0.2) is 19.2 Å². The van der Waals surface area contributed by atoms with Crippen molar-refractivity contribution in [1.29, 1.82) is 0 Å². The number of nitrogens with two attached hydrogens (primary N) is 1. The second-order valence-electron chi connectivity index (χ2n) is 7.24. The maximum absolute atomic E-state index is 6.87. The van der Waals surface area contributed by atoms with Crippen molar-refractivity contribution >= 4 is 17.4 Å². The van der Waals surface area contributed by atoms with E-state index in [1.54, 1.807) is 4.68 Å². The third-order valence-electron chi connectivity index (χ3n) is 5.03. The highest BCUT2D eigenvalue weighted by molar-refractivity contribution is 5.92. The Morgan fingerprint density at radius 2 is 1.90 bits per heavy atom. The Balaban J connectivity index is 1.67. The van der Waals surface area contributed by atoms with Gasteiger partial charge in [0, 0.05) is 11.6 Å². The van der Waals surface area contributed by atoms with Gasteiger partial charge < -0.3 is 14.8 Å². The molecule has 0 bridgehead atoms. The molecule has 0 aliphatic carbocycles. The molecule has 1 unspecified atom stereocenters. The smallest absolute Gasteiger partial charge is 0.256 e. The molecule has 0 radical (unpaired) electrons. The second-order valence-corrected chi connectivity index (χ2v) is 7.24. The van der Waals surface area contributed by atoms with E-state index in [-0.39, 0.29) is 0 Å². The van der Waals surface area contributed by atoms with E-state index in [1.807, 2.05) is 67.9 Å². The fourth-order valence-corrected chi connectivity index (χ4v) is 3.73. The number of anilines is 1. The highest BCUT2D eigenvalue weighted by atomic mass is 16.5. The molecule has 1 aliphatic heterocycles. The van der Waals surface area contributed by atoms with E-state index in [2.05, 4.69) is 20.5 Å². The predicted molar refractivity (Wildman–Crippen MR) is 117 cm³/mol. The van der Waals surface area contributed by atoms with Crippen molar-refractivity contribution < 1.29 is 9.47 Å². The van der Waals surface area contributed by atoms with Crippen molar-refractivity contribution in [2.75, 3.05) is 18.5 Å². The van der Waals surface area contributed by atoms with Gasteiger partial charge in [0.1, 0.15) is 5.69 Å². The summed E-state index contributed by atoms with van der Waals surface area (Å²) in [5.41, 5.74) is 8.78. The van der Waals surface area contributed by atoms with Crippen LogP contribution in [0.4, 0.5) is 5.82 Å². The Kier molecular flexibility index (Phi) is 4.44. The lowest BCUT2D eigenvalue weighted by Crippen LogP contribution is -2.52. The molecule has 0 fully saturated rings. The van der Waals surface area contributed by atoms with Crippen LogP contribution in [0, 0.1) is 6.92 Å². The zero-order valence-corrected chi connectivity index (χ0v) is 17.6. The summed E-state index contributed by atoms with van der Waals surface area (Å²) in [4.78, 5) is 9.41. The first kappa shape index (κ1) is 19.2. The number of nitrogens with one attached hydrogen (secondary N) is 2. The normalized spacial score (nSPS) is 17.6. The summed E-state index contributed by atoms with van der Waals surface area (Å²) in [5, 5.41) is 11.2. The van der Waals surface area contributed by atoms with Gasteiger partial charge in [-0.2, -0.15) is 0 Å². The largest absolute Gasteiger partial charge is 0.478 e. The molecule has 5 rings (SSSR count). The minimum Gasteiger partial charge on any atom is -0.478 e. The van der Waals surface area contributed by atoms with E-state index in [0.717, 1.165) is 17.0 Å². The zero-order chi connectivity index (χ0) is 21.6. The number of aromatic nitrogens is 5. The molecular formula is C21H24N8O2. The Labute approximate surface area is 178 Å². The van der Waals surface area contributed by atoms with Crippen LogP contribution in [-0.4, -0.2) is 43.4 Å². The lowest BCUT2D eigenvalue weighted by atomic mass is 10.1. The van der Waals surface area contributed by atoms with Gasteiger partial charge in [0.25, 0.3) is 5.90 Å². The molecule has 0 amide bonds. The van der Waals surface area contributed by atoms with Crippen molar-refractivity contribution in [3.63, 3.8) is 0 Å². The van der Waals surface area contributed by atoms with Crippen molar-refractivity contribution in [3.05, 3.63) is 54.1 Å². The van der Waals surface area contributed by atoms with Crippen LogP contribution in [0.15, 0.2) is 47.7 Å². The summed E-state index contributed by atoms with van der Waals surface area (Å²) >= 11 is 0. The number of hydrogen-bond donors (Lipinski definition) is 3. The van der Waals surface area contributed by atoms with E-state index >= 15 is 0 Å². The lowest BCUT2D eigenvalue weighted by molar-refractivity contribution is 0.298. The van der Waals surface area contributed by atoms with Gasteiger partial charge >= 0.3 is 0 Å². The molecule has 3 aromatic heterocycles. The molecule has 4 aromatic rings. The first-order valence-corrected chi connectivity index (χ1v) is 10.2. The quantitative estimate of drug-likeness (QED) is 0.413. The SMILES string of the molecule is CCOC1=Nn2cc(C)nc2C1(N)Nc1c(-c2ccccc2)nc2cc(OCC)[nH]n12. The van der Waals surface area contributed by atoms with E-state index in [9.17, 15) is 0 Å². The summed E-state index contributed by atoms with van der Waals surface area (Å²) in [5.74, 6) is 2.14. The van der Waals surface area contributed by atoms with Crippen LogP contribution in [-0.2, 0) is 10.4 Å². The summed E-state index contributed by atoms with van der Waals surface area (Å²) < 4.78 is 14.9. The fraction of sp³-hybridized carbons (Fsp3) is 0.286. The van der Waals surface area contributed by atoms with Crippen LogP contribution >= 0.6 is 0 Å². The second kappa shape index (κ2) is 7.17. The van der Waals surface area contributed by atoms with Crippen LogP contribution in [0.5, 0.6) is 5.88 Å². The first-order chi connectivity index (χ1) is 15.0. The third-order valence-corrected chi connectivity index (χ3v) is 5.03. The molecule has 1 atom stereocenters. The van der Waals surface area contributed by atoms with Crippen molar-refractivity contribution in [2.24, 2.45) is 10.8 Å². The number of aromatic amines is 1. The summed E-state index contributed by atoms with van der Waals surface area (Å²) in [6, 6.07) is 11.7. The van der Waals surface area contributed by atoms with Crippen molar-refractivity contribution in [1.82, 2.24) is 24.3 Å². The molecule has 4 N–H and O–H groups in total. The molecule has 1 aromatic carbocycles. The Hall–Kier alpha value is -3.79. The van der Waals surface area contributed by atoms with Crippen LogP contribution < -0.4 is 15.8 Å². The molecule has 1 aliphatic rings. The number of benzene rings is 1. The van der Waals surface area contributed by atoms with Gasteiger partial charge in [-0.3, -0.25) is 10.8 Å². The van der Waals surface area contributed by atoms with Crippen LogP contribution in [0.25, 0.3) is 16.9 Å². The van der Waals surface area contributed by atoms with Crippen LogP contribution in [0.1, 0.15) is 25.4 Å². The minimum atomic E-state index is -1.28. The summed E-state index contributed by atoms with van der Waals surface area (Å²) in [6.45, 7) is 6.68. The number of nitrogens with zero attached hydrogens (tertiary/aromatic N) is 5. The predicted octanol–water partition coefficient (Wildman–Crippen LogP) is 2.67. The molecule has 10 heteroatoms. The van der Waals surface area contributed by atoms with Gasteiger partial charge in [0.15, 0.2) is 17.3 Å². The average Bonchev–Trinajstić information content (AvgIpc) is 3.46. The number of rotatable bonds is 6. The van der Waals surface area contributed by atoms with E-state index in [1.165, 1.54) is 0 Å². The molecule has 4 heterocycles. The monoisotopic (exact) mass is 420 g/mol. The van der Waals surface area contributed by atoms with Gasteiger partial charge in [0.2, 0.25) is 11.5 Å². The lowest BCUT2D eigenvalue weighted by Gasteiger charge is -2.26. The van der Waals surface area contributed by atoms with E-state index in [4.69, 9.17) is 20.2 Å². The Morgan fingerprint density at radius 1 is 1.13 bits per heavy atom. The zero-order valence-electron chi connectivity index (χ0n) is 17.6. The number of aryl methyl sites for hydroxylation is 1. The van der Waals surface area contributed by atoms with Gasteiger partial charge in [-0.05, 0) is 20.8 Å². The summed E-state index contributed by atoms with van der Waals surface area (Å²) in [7, 11) is 0. The molecular weight excluding hydrogens is 396 g/mol. The first-order valence-electron chi connectivity index (χ1n) is 10.2. The van der Waals surface area contributed by atoms with Crippen LogP contribution in [0.3, 0.4) is 0 Å². The molecule has 0 spiro atoms. The van der Waals surface area contributed by atoms with Gasteiger partial charge in [-0.15, -0.1) is 5.10 Å².